The van der Waals surface area contributed by atoms with Crippen LogP contribution in [0.3, 0.4) is 0 Å². The van der Waals surface area contributed by atoms with Crippen molar-refractivity contribution in [3.63, 3.8) is 0 Å². The SMILES string of the molecule is CCNCC(C)NCc1ccc(Br)c(C(F)(F)F)c1. The van der Waals surface area contributed by atoms with Crippen molar-refractivity contribution < 1.29 is 13.2 Å². The normalized spacial score (nSPS) is 13.6. The third-order valence-electron chi connectivity index (χ3n) is 2.69. The van der Waals surface area contributed by atoms with Crippen molar-refractivity contribution in [1.82, 2.24) is 10.6 Å². The van der Waals surface area contributed by atoms with Crippen LogP contribution in [0.4, 0.5) is 13.2 Å². The Balaban J connectivity index is 2.65. The second kappa shape index (κ2) is 7.26. The summed E-state index contributed by atoms with van der Waals surface area (Å²) in [6, 6.07) is 4.51. The predicted molar refractivity (Wildman–Crippen MR) is 74.0 cm³/mol. The first-order valence-corrected chi connectivity index (χ1v) is 6.93. The molecule has 0 saturated carbocycles. The lowest BCUT2D eigenvalue weighted by Crippen LogP contribution is -2.35. The maximum atomic E-state index is 12.7. The zero-order chi connectivity index (χ0) is 14.5. The van der Waals surface area contributed by atoms with Crippen LogP contribution in [-0.2, 0) is 12.7 Å². The molecular weight excluding hydrogens is 321 g/mol. The van der Waals surface area contributed by atoms with Gasteiger partial charge in [0.2, 0.25) is 0 Å². The summed E-state index contributed by atoms with van der Waals surface area (Å²) in [5, 5.41) is 6.37. The fraction of sp³-hybridized carbons (Fsp3) is 0.538. The molecule has 0 radical (unpaired) electrons. The molecule has 1 rings (SSSR count). The number of halogens is 4. The van der Waals surface area contributed by atoms with E-state index in [1.807, 2.05) is 13.8 Å². The van der Waals surface area contributed by atoms with Crippen molar-refractivity contribution in [2.45, 2.75) is 32.6 Å². The lowest BCUT2D eigenvalue weighted by Gasteiger charge is -2.15. The number of hydrogen-bond acceptors (Lipinski definition) is 2. The molecule has 1 aromatic rings. The molecule has 108 valence electrons. The molecule has 0 fully saturated rings. The van der Waals surface area contributed by atoms with E-state index in [0.29, 0.717) is 12.1 Å². The van der Waals surface area contributed by atoms with Crippen LogP contribution >= 0.6 is 15.9 Å². The first kappa shape index (κ1) is 16.5. The minimum Gasteiger partial charge on any atom is -0.315 e. The summed E-state index contributed by atoms with van der Waals surface area (Å²) < 4.78 is 38.3. The van der Waals surface area contributed by atoms with Gasteiger partial charge in [-0.1, -0.05) is 28.9 Å². The molecule has 0 saturated heterocycles. The molecule has 1 aromatic carbocycles. The number of alkyl halides is 3. The summed E-state index contributed by atoms with van der Waals surface area (Å²) in [4.78, 5) is 0. The summed E-state index contributed by atoms with van der Waals surface area (Å²) >= 11 is 2.93. The minimum atomic E-state index is -4.33. The van der Waals surface area contributed by atoms with Crippen LogP contribution in [-0.4, -0.2) is 19.1 Å². The fourth-order valence-corrected chi connectivity index (χ4v) is 2.10. The van der Waals surface area contributed by atoms with E-state index in [1.54, 1.807) is 6.07 Å². The second-order valence-corrected chi connectivity index (χ2v) is 5.26. The molecule has 0 spiro atoms. The van der Waals surface area contributed by atoms with Crippen LogP contribution in [0.5, 0.6) is 0 Å². The van der Waals surface area contributed by atoms with Crippen molar-refractivity contribution in [3.05, 3.63) is 33.8 Å². The van der Waals surface area contributed by atoms with E-state index in [-0.39, 0.29) is 10.5 Å². The highest BCUT2D eigenvalue weighted by Gasteiger charge is 2.33. The quantitative estimate of drug-likeness (QED) is 0.828. The van der Waals surface area contributed by atoms with Gasteiger partial charge in [-0.05, 0) is 31.2 Å². The first-order valence-electron chi connectivity index (χ1n) is 6.14. The number of nitrogens with one attached hydrogen (secondary N) is 2. The minimum absolute atomic E-state index is 0.0736. The Morgan fingerprint density at radius 3 is 2.58 bits per heavy atom. The summed E-state index contributed by atoms with van der Waals surface area (Å²) in [5.41, 5.74) is -0.00925. The Morgan fingerprint density at radius 2 is 2.00 bits per heavy atom. The lowest BCUT2D eigenvalue weighted by atomic mass is 10.1. The number of hydrogen-bond donors (Lipinski definition) is 2. The Kier molecular flexibility index (Phi) is 6.29. The molecule has 0 amide bonds. The predicted octanol–water partition coefficient (Wildman–Crippen LogP) is 3.56. The highest BCUT2D eigenvalue weighted by Crippen LogP contribution is 2.35. The number of rotatable bonds is 6. The van der Waals surface area contributed by atoms with E-state index >= 15 is 0 Å². The van der Waals surface area contributed by atoms with E-state index in [0.717, 1.165) is 13.1 Å². The summed E-state index contributed by atoms with van der Waals surface area (Å²) in [6.45, 7) is 6.09. The maximum Gasteiger partial charge on any atom is 0.417 e. The van der Waals surface area contributed by atoms with E-state index in [9.17, 15) is 13.2 Å². The van der Waals surface area contributed by atoms with E-state index in [4.69, 9.17) is 0 Å². The first-order chi connectivity index (χ1) is 8.84. The van der Waals surface area contributed by atoms with Gasteiger partial charge in [-0.3, -0.25) is 0 Å². The molecule has 2 N–H and O–H groups in total. The molecule has 1 unspecified atom stereocenters. The number of benzene rings is 1. The van der Waals surface area contributed by atoms with Crippen LogP contribution in [0.15, 0.2) is 22.7 Å². The number of likely N-dealkylation sites (N-methyl/N-ethyl adjacent to an activating group) is 1. The average molecular weight is 339 g/mol. The smallest absolute Gasteiger partial charge is 0.315 e. The summed E-state index contributed by atoms with van der Waals surface area (Å²) in [6.07, 6.45) is -4.33. The monoisotopic (exact) mass is 338 g/mol. The van der Waals surface area contributed by atoms with Gasteiger partial charge in [-0.2, -0.15) is 13.2 Å². The summed E-state index contributed by atoms with van der Waals surface area (Å²) in [5.74, 6) is 0. The Morgan fingerprint density at radius 1 is 1.32 bits per heavy atom. The third-order valence-corrected chi connectivity index (χ3v) is 3.38. The van der Waals surface area contributed by atoms with Crippen LogP contribution in [0.1, 0.15) is 25.0 Å². The second-order valence-electron chi connectivity index (χ2n) is 4.40. The molecule has 19 heavy (non-hydrogen) atoms. The topological polar surface area (TPSA) is 24.1 Å². The molecule has 0 aromatic heterocycles. The van der Waals surface area contributed by atoms with Gasteiger partial charge in [0.05, 0.1) is 5.56 Å². The van der Waals surface area contributed by atoms with E-state index in [2.05, 4.69) is 26.6 Å². The van der Waals surface area contributed by atoms with Crippen LogP contribution in [0.25, 0.3) is 0 Å². The molecular formula is C13H18BrF3N2. The zero-order valence-electron chi connectivity index (χ0n) is 10.9. The molecule has 0 aliphatic carbocycles. The summed E-state index contributed by atoms with van der Waals surface area (Å²) in [7, 11) is 0. The molecule has 2 nitrogen and oxygen atoms in total. The maximum absolute atomic E-state index is 12.7. The van der Waals surface area contributed by atoms with Crippen molar-refractivity contribution >= 4 is 15.9 Å². The van der Waals surface area contributed by atoms with Crippen LogP contribution in [0, 0.1) is 0 Å². The molecule has 1 atom stereocenters. The third kappa shape index (κ3) is 5.50. The van der Waals surface area contributed by atoms with Crippen molar-refractivity contribution in [3.8, 4) is 0 Å². The van der Waals surface area contributed by atoms with Crippen LogP contribution in [0.2, 0.25) is 0 Å². The van der Waals surface area contributed by atoms with Gasteiger partial charge in [0, 0.05) is 23.6 Å². The Hall–Kier alpha value is -0.590. The van der Waals surface area contributed by atoms with Gasteiger partial charge in [-0.25, -0.2) is 0 Å². The van der Waals surface area contributed by atoms with Gasteiger partial charge < -0.3 is 10.6 Å². The van der Waals surface area contributed by atoms with Gasteiger partial charge >= 0.3 is 6.18 Å². The van der Waals surface area contributed by atoms with Gasteiger partial charge in [0.25, 0.3) is 0 Å². The molecule has 0 heterocycles. The van der Waals surface area contributed by atoms with Crippen molar-refractivity contribution in [1.29, 1.82) is 0 Å². The molecule has 0 aliphatic heterocycles. The van der Waals surface area contributed by atoms with Gasteiger partial charge in [0.1, 0.15) is 0 Å². The fourth-order valence-electron chi connectivity index (χ4n) is 1.62. The molecule has 6 heteroatoms. The van der Waals surface area contributed by atoms with Crippen molar-refractivity contribution in [2.75, 3.05) is 13.1 Å². The van der Waals surface area contributed by atoms with E-state index < -0.39 is 11.7 Å². The van der Waals surface area contributed by atoms with Gasteiger partial charge in [0.15, 0.2) is 0 Å². The zero-order valence-corrected chi connectivity index (χ0v) is 12.5. The van der Waals surface area contributed by atoms with Gasteiger partial charge in [-0.15, -0.1) is 0 Å². The standard InChI is InChI=1S/C13H18BrF3N2/c1-3-18-7-9(2)19-8-10-4-5-12(14)11(6-10)13(15,16)17/h4-6,9,18-19H,3,7-8H2,1-2H3. The molecule has 0 aliphatic rings. The average Bonchev–Trinajstić information content (AvgIpc) is 2.34. The largest absolute Gasteiger partial charge is 0.417 e. The Labute approximate surface area is 119 Å². The highest BCUT2D eigenvalue weighted by atomic mass is 79.9. The highest BCUT2D eigenvalue weighted by molar-refractivity contribution is 9.10. The molecule has 0 bridgehead atoms. The van der Waals surface area contributed by atoms with E-state index in [1.165, 1.54) is 12.1 Å². The Bertz CT molecular complexity index is 407. The van der Waals surface area contributed by atoms with Crippen molar-refractivity contribution in [2.24, 2.45) is 0 Å². The van der Waals surface area contributed by atoms with Crippen LogP contribution < -0.4 is 10.6 Å². The lowest BCUT2D eigenvalue weighted by molar-refractivity contribution is -0.138.